The first-order chi connectivity index (χ1) is 8.11. The van der Waals surface area contributed by atoms with E-state index in [0.29, 0.717) is 12.0 Å². The highest BCUT2D eigenvalue weighted by Crippen LogP contribution is 2.42. The maximum atomic E-state index is 5.76. The van der Waals surface area contributed by atoms with Crippen LogP contribution >= 0.6 is 43.2 Å². The van der Waals surface area contributed by atoms with E-state index in [1.54, 1.807) is 11.3 Å². The van der Waals surface area contributed by atoms with Gasteiger partial charge in [0.1, 0.15) is 0 Å². The SMILES string of the molecule is CC1CCC(C(NN)c2cc(Br)c(Br)s2)CC1. The van der Waals surface area contributed by atoms with Gasteiger partial charge in [0.25, 0.3) is 0 Å². The van der Waals surface area contributed by atoms with Gasteiger partial charge in [0.2, 0.25) is 0 Å². The summed E-state index contributed by atoms with van der Waals surface area (Å²) in [6.07, 6.45) is 5.22. The second kappa shape index (κ2) is 6.15. The molecule has 1 aromatic rings. The Bertz CT molecular complexity index is 353. The lowest BCUT2D eigenvalue weighted by atomic mass is 9.79. The van der Waals surface area contributed by atoms with Gasteiger partial charge in [0.05, 0.1) is 9.83 Å². The summed E-state index contributed by atoms with van der Waals surface area (Å²) in [7, 11) is 0. The van der Waals surface area contributed by atoms with Gasteiger partial charge in [-0.1, -0.05) is 19.8 Å². The van der Waals surface area contributed by atoms with Gasteiger partial charge in [0, 0.05) is 9.35 Å². The van der Waals surface area contributed by atoms with Gasteiger partial charge < -0.3 is 0 Å². The van der Waals surface area contributed by atoms with Crippen molar-refractivity contribution in [3.8, 4) is 0 Å². The summed E-state index contributed by atoms with van der Waals surface area (Å²) in [5, 5.41) is 0. The van der Waals surface area contributed by atoms with Crippen LogP contribution in [0.1, 0.15) is 43.5 Å². The lowest BCUT2D eigenvalue weighted by Gasteiger charge is -2.31. The van der Waals surface area contributed by atoms with Crippen molar-refractivity contribution in [2.45, 2.75) is 38.6 Å². The predicted octanol–water partition coefficient (Wildman–Crippen LogP) is 4.60. The topological polar surface area (TPSA) is 38.0 Å². The molecule has 1 aromatic heterocycles. The van der Waals surface area contributed by atoms with Gasteiger partial charge >= 0.3 is 0 Å². The second-order valence-electron chi connectivity index (χ2n) is 4.93. The Hall–Kier alpha value is 0.580. The van der Waals surface area contributed by atoms with Crippen molar-refractivity contribution in [1.82, 2.24) is 5.43 Å². The Kier molecular flexibility index (Phi) is 5.06. The maximum Gasteiger partial charge on any atom is 0.0843 e. The molecule has 1 aliphatic carbocycles. The van der Waals surface area contributed by atoms with Crippen molar-refractivity contribution in [3.05, 3.63) is 19.2 Å². The summed E-state index contributed by atoms with van der Waals surface area (Å²) in [4.78, 5) is 1.32. The van der Waals surface area contributed by atoms with Gasteiger partial charge in [0.15, 0.2) is 0 Å². The first-order valence-electron chi connectivity index (χ1n) is 6.02. The number of hydrogen-bond donors (Lipinski definition) is 2. The molecule has 0 aromatic carbocycles. The highest BCUT2D eigenvalue weighted by molar-refractivity contribution is 9.13. The van der Waals surface area contributed by atoms with E-state index >= 15 is 0 Å². The van der Waals surface area contributed by atoms with Crippen LogP contribution in [0.5, 0.6) is 0 Å². The molecule has 2 nitrogen and oxygen atoms in total. The smallest absolute Gasteiger partial charge is 0.0843 e. The number of nitrogens with one attached hydrogen (secondary N) is 1. The molecule has 5 heteroatoms. The van der Waals surface area contributed by atoms with Gasteiger partial charge in [-0.25, -0.2) is 0 Å². The molecule has 3 N–H and O–H groups in total. The number of thiophene rings is 1. The standard InChI is InChI=1S/C12H18Br2N2S/c1-7-2-4-8(5-3-7)11(16-15)10-6-9(13)12(14)17-10/h6-8,11,16H,2-5,15H2,1H3. The Morgan fingerprint density at radius 3 is 2.47 bits per heavy atom. The Labute approximate surface area is 124 Å². The molecule has 96 valence electrons. The van der Waals surface area contributed by atoms with Crippen LogP contribution in [0.3, 0.4) is 0 Å². The van der Waals surface area contributed by atoms with Gasteiger partial charge in [-0.3, -0.25) is 11.3 Å². The third-order valence-electron chi connectivity index (χ3n) is 3.68. The summed E-state index contributed by atoms with van der Waals surface area (Å²) in [5.41, 5.74) is 3.01. The molecule has 0 radical (unpaired) electrons. The average molecular weight is 382 g/mol. The molecule has 1 unspecified atom stereocenters. The highest BCUT2D eigenvalue weighted by atomic mass is 79.9. The molecule has 0 amide bonds. The van der Waals surface area contributed by atoms with Crippen LogP contribution in [-0.4, -0.2) is 0 Å². The minimum Gasteiger partial charge on any atom is -0.271 e. The number of hydrazine groups is 1. The summed E-state index contributed by atoms with van der Waals surface area (Å²) in [6, 6.07) is 2.48. The zero-order valence-electron chi connectivity index (χ0n) is 9.88. The maximum absolute atomic E-state index is 5.76. The van der Waals surface area contributed by atoms with E-state index in [1.165, 1.54) is 30.6 Å². The number of rotatable bonds is 3. The molecule has 0 aliphatic heterocycles. The van der Waals surface area contributed by atoms with E-state index in [4.69, 9.17) is 5.84 Å². The molecule has 2 rings (SSSR count). The molecule has 1 saturated carbocycles. The van der Waals surface area contributed by atoms with Crippen molar-refractivity contribution in [2.75, 3.05) is 0 Å². The fourth-order valence-electron chi connectivity index (χ4n) is 2.59. The van der Waals surface area contributed by atoms with E-state index in [-0.39, 0.29) is 0 Å². The molecule has 1 fully saturated rings. The van der Waals surface area contributed by atoms with E-state index in [2.05, 4.69) is 50.3 Å². The summed E-state index contributed by atoms with van der Waals surface area (Å²) < 4.78 is 2.28. The van der Waals surface area contributed by atoms with Gasteiger partial charge in [-0.15, -0.1) is 11.3 Å². The fourth-order valence-corrected chi connectivity index (χ4v) is 4.83. The quantitative estimate of drug-likeness (QED) is 0.592. The molecule has 17 heavy (non-hydrogen) atoms. The van der Waals surface area contributed by atoms with Crippen LogP contribution in [0.2, 0.25) is 0 Å². The van der Waals surface area contributed by atoms with Crippen molar-refractivity contribution in [2.24, 2.45) is 17.7 Å². The first kappa shape index (κ1) is 14.0. The first-order valence-corrected chi connectivity index (χ1v) is 8.43. The molecular weight excluding hydrogens is 364 g/mol. The predicted molar refractivity (Wildman–Crippen MR) is 80.9 cm³/mol. The van der Waals surface area contributed by atoms with Crippen LogP contribution in [0.4, 0.5) is 0 Å². The molecule has 1 atom stereocenters. The lowest BCUT2D eigenvalue weighted by Crippen LogP contribution is -2.34. The van der Waals surface area contributed by atoms with Crippen molar-refractivity contribution in [1.29, 1.82) is 0 Å². The molecule has 1 aliphatic rings. The van der Waals surface area contributed by atoms with Crippen molar-refractivity contribution >= 4 is 43.2 Å². The molecule has 1 heterocycles. The zero-order chi connectivity index (χ0) is 12.4. The minimum atomic E-state index is 0.301. The Morgan fingerprint density at radius 1 is 1.35 bits per heavy atom. The number of hydrogen-bond acceptors (Lipinski definition) is 3. The lowest BCUT2D eigenvalue weighted by molar-refractivity contribution is 0.234. The number of halogens is 2. The van der Waals surface area contributed by atoms with Crippen molar-refractivity contribution in [3.63, 3.8) is 0 Å². The molecule has 0 bridgehead atoms. The zero-order valence-corrected chi connectivity index (χ0v) is 13.9. The molecule has 0 spiro atoms. The highest BCUT2D eigenvalue weighted by Gasteiger charge is 2.28. The van der Waals surface area contributed by atoms with E-state index < -0.39 is 0 Å². The monoisotopic (exact) mass is 380 g/mol. The fraction of sp³-hybridized carbons (Fsp3) is 0.667. The minimum absolute atomic E-state index is 0.301. The Balaban J connectivity index is 2.10. The van der Waals surface area contributed by atoms with Crippen LogP contribution in [-0.2, 0) is 0 Å². The van der Waals surface area contributed by atoms with Gasteiger partial charge in [-0.05, 0) is 62.6 Å². The Morgan fingerprint density at radius 2 is 2.00 bits per heavy atom. The normalized spacial score (nSPS) is 27.1. The van der Waals surface area contributed by atoms with Crippen LogP contribution in [0.15, 0.2) is 14.3 Å². The van der Waals surface area contributed by atoms with Gasteiger partial charge in [-0.2, -0.15) is 0 Å². The average Bonchev–Trinajstić information content (AvgIpc) is 2.63. The van der Waals surface area contributed by atoms with E-state index in [0.717, 1.165) is 14.2 Å². The second-order valence-corrected chi connectivity index (χ2v) is 8.19. The third kappa shape index (κ3) is 3.32. The van der Waals surface area contributed by atoms with E-state index in [9.17, 15) is 0 Å². The third-order valence-corrected chi connectivity index (χ3v) is 7.02. The molecule has 0 saturated heterocycles. The van der Waals surface area contributed by atoms with Crippen LogP contribution in [0.25, 0.3) is 0 Å². The van der Waals surface area contributed by atoms with Crippen LogP contribution < -0.4 is 11.3 Å². The molecular formula is C12H18Br2N2S. The van der Waals surface area contributed by atoms with Crippen molar-refractivity contribution < 1.29 is 0 Å². The largest absolute Gasteiger partial charge is 0.271 e. The number of nitrogens with two attached hydrogens (primary N) is 1. The summed E-state index contributed by atoms with van der Waals surface area (Å²) >= 11 is 8.86. The van der Waals surface area contributed by atoms with E-state index in [1.807, 2.05) is 0 Å². The summed E-state index contributed by atoms with van der Waals surface area (Å²) in [5.74, 6) is 7.31. The summed E-state index contributed by atoms with van der Waals surface area (Å²) in [6.45, 7) is 2.35. The van der Waals surface area contributed by atoms with Crippen LogP contribution in [0, 0.1) is 11.8 Å².